The van der Waals surface area contributed by atoms with E-state index in [1.165, 1.54) is 12.1 Å². The highest BCUT2D eigenvalue weighted by Crippen LogP contribution is 2.26. The van der Waals surface area contributed by atoms with Crippen molar-refractivity contribution < 1.29 is 9.50 Å². The second-order valence-electron chi connectivity index (χ2n) is 5.96. The average Bonchev–Trinajstić information content (AvgIpc) is 2.93. The summed E-state index contributed by atoms with van der Waals surface area (Å²) in [6, 6.07) is 16.6. The van der Waals surface area contributed by atoms with Gasteiger partial charge in [-0.3, -0.25) is 0 Å². The number of nitrogens with zero attached hydrogens (tertiary/aromatic N) is 1. The summed E-state index contributed by atoms with van der Waals surface area (Å²) in [7, 11) is 0. The molecule has 0 spiro atoms. The number of hydrogen-bond donors (Lipinski definition) is 2. The Morgan fingerprint density at radius 1 is 1.09 bits per heavy atom. The van der Waals surface area contributed by atoms with Gasteiger partial charge >= 0.3 is 0 Å². The molecule has 4 heteroatoms. The maximum atomic E-state index is 12.9. The van der Waals surface area contributed by atoms with Gasteiger partial charge in [0.1, 0.15) is 5.82 Å². The van der Waals surface area contributed by atoms with Gasteiger partial charge in [0, 0.05) is 31.9 Å². The Morgan fingerprint density at radius 2 is 1.82 bits per heavy atom. The van der Waals surface area contributed by atoms with Crippen molar-refractivity contribution in [2.75, 3.05) is 24.5 Å². The molecule has 22 heavy (non-hydrogen) atoms. The molecule has 2 aromatic carbocycles. The summed E-state index contributed by atoms with van der Waals surface area (Å²) in [5.41, 5.74) is 1.45. The number of nitrogens with one attached hydrogen (secondary N) is 1. The number of hydrogen-bond acceptors (Lipinski definition) is 3. The molecule has 2 aromatic rings. The zero-order valence-corrected chi connectivity index (χ0v) is 12.5. The summed E-state index contributed by atoms with van der Waals surface area (Å²) in [4.78, 5) is 2.21. The zero-order chi connectivity index (χ0) is 15.4. The molecule has 116 valence electrons. The van der Waals surface area contributed by atoms with Crippen LogP contribution in [0.1, 0.15) is 12.0 Å². The summed E-state index contributed by atoms with van der Waals surface area (Å²) in [5.74, 6) is -0.225. The summed E-state index contributed by atoms with van der Waals surface area (Å²) in [6.07, 6.45) is 0.748. The Morgan fingerprint density at radius 3 is 2.55 bits per heavy atom. The van der Waals surface area contributed by atoms with Gasteiger partial charge in [0.15, 0.2) is 0 Å². The van der Waals surface area contributed by atoms with Crippen LogP contribution >= 0.6 is 0 Å². The fourth-order valence-electron chi connectivity index (χ4n) is 2.90. The van der Waals surface area contributed by atoms with Crippen molar-refractivity contribution in [2.45, 2.75) is 18.6 Å². The molecule has 0 aromatic heterocycles. The number of halogens is 1. The number of aliphatic hydroxyl groups is 1. The van der Waals surface area contributed by atoms with Crippen molar-refractivity contribution in [2.24, 2.45) is 0 Å². The van der Waals surface area contributed by atoms with Gasteiger partial charge in [0.05, 0.1) is 5.60 Å². The second-order valence-corrected chi connectivity index (χ2v) is 5.96. The molecule has 0 radical (unpaired) electrons. The summed E-state index contributed by atoms with van der Waals surface area (Å²) in [5, 5.41) is 14.0. The fraction of sp³-hybridized carbons (Fsp3) is 0.333. The van der Waals surface area contributed by atoms with Crippen LogP contribution in [0.15, 0.2) is 54.6 Å². The first kappa shape index (κ1) is 15.0. The van der Waals surface area contributed by atoms with Crippen molar-refractivity contribution in [3.05, 3.63) is 66.0 Å². The zero-order valence-electron chi connectivity index (χ0n) is 12.5. The van der Waals surface area contributed by atoms with E-state index in [0.717, 1.165) is 24.2 Å². The van der Waals surface area contributed by atoms with Crippen LogP contribution in [0.3, 0.4) is 0 Å². The van der Waals surface area contributed by atoms with E-state index < -0.39 is 5.60 Å². The largest absolute Gasteiger partial charge is 0.387 e. The number of para-hydroxylation sites is 1. The molecule has 1 unspecified atom stereocenters. The lowest BCUT2D eigenvalue weighted by Gasteiger charge is -2.25. The fourth-order valence-corrected chi connectivity index (χ4v) is 2.90. The molecule has 0 saturated carbocycles. The molecule has 1 fully saturated rings. The highest BCUT2D eigenvalue weighted by molar-refractivity contribution is 5.47. The third kappa shape index (κ3) is 3.64. The van der Waals surface area contributed by atoms with E-state index in [4.69, 9.17) is 0 Å². The second kappa shape index (κ2) is 6.46. The highest BCUT2D eigenvalue weighted by atomic mass is 19.1. The lowest BCUT2D eigenvalue weighted by atomic mass is 10.0. The maximum absolute atomic E-state index is 12.9. The Labute approximate surface area is 130 Å². The van der Waals surface area contributed by atoms with Gasteiger partial charge in [-0.2, -0.15) is 0 Å². The van der Waals surface area contributed by atoms with Gasteiger partial charge in [0.25, 0.3) is 0 Å². The quantitative estimate of drug-likeness (QED) is 0.891. The first-order valence-corrected chi connectivity index (χ1v) is 7.62. The number of β-amino-alcohol motifs (C(OH)–C–C–N with tert-alkyl or cyclic N) is 1. The summed E-state index contributed by atoms with van der Waals surface area (Å²) < 4.78 is 12.9. The van der Waals surface area contributed by atoms with Crippen LogP contribution in [-0.2, 0) is 6.54 Å². The van der Waals surface area contributed by atoms with Crippen molar-refractivity contribution in [1.82, 2.24) is 5.32 Å². The lowest BCUT2D eigenvalue weighted by Crippen LogP contribution is -2.42. The van der Waals surface area contributed by atoms with Crippen molar-refractivity contribution in [3.63, 3.8) is 0 Å². The Bertz CT molecular complexity index is 602. The minimum atomic E-state index is -0.712. The Hall–Kier alpha value is -1.91. The predicted octanol–water partition coefficient (Wildman–Crippen LogP) is 2.56. The maximum Gasteiger partial charge on any atom is 0.123 e. The van der Waals surface area contributed by atoms with Gasteiger partial charge < -0.3 is 15.3 Å². The van der Waals surface area contributed by atoms with Crippen LogP contribution in [0.5, 0.6) is 0 Å². The standard InChI is InChI=1S/C18H21FN2O/c19-16-8-6-15(7-9-16)12-20-13-18(22)10-11-21(14-18)17-4-2-1-3-5-17/h1-9,20,22H,10-14H2. The molecule has 0 aliphatic carbocycles. The molecule has 1 atom stereocenters. The number of rotatable bonds is 5. The van der Waals surface area contributed by atoms with E-state index in [2.05, 4.69) is 22.3 Å². The van der Waals surface area contributed by atoms with Crippen LogP contribution in [0.4, 0.5) is 10.1 Å². The lowest BCUT2D eigenvalue weighted by molar-refractivity contribution is 0.0627. The number of anilines is 1. The molecular weight excluding hydrogens is 279 g/mol. The molecule has 1 aliphatic heterocycles. The molecule has 3 rings (SSSR count). The van der Waals surface area contributed by atoms with E-state index in [1.54, 1.807) is 12.1 Å². The summed E-state index contributed by atoms with van der Waals surface area (Å²) >= 11 is 0. The van der Waals surface area contributed by atoms with Crippen molar-refractivity contribution in [1.29, 1.82) is 0 Å². The van der Waals surface area contributed by atoms with E-state index >= 15 is 0 Å². The number of benzene rings is 2. The molecule has 1 heterocycles. The average molecular weight is 300 g/mol. The minimum Gasteiger partial charge on any atom is -0.387 e. The molecule has 0 bridgehead atoms. The Kier molecular flexibility index (Phi) is 4.41. The molecule has 1 aliphatic rings. The molecule has 3 nitrogen and oxygen atoms in total. The van der Waals surface area contributed by atoms with Gasteiger partial charge in [-0.1, -0.05) is 30.3 Å². The van der Waals surface area contributed by atoms with Gasteiger partial charge in [-0.15, -0.1) is 0 Å². The van der Waals surface area contributed by atoms with Crippen LogP contribution < -0.4 is 10.2 Å². The van der Waals surface area contributed by atoms with E-state index in [9.17, 15) is 9.50 Å². The molecule has 2 N–H and O–H groups in total. The van der Waals surface area contributed by atoms with Crippen LogP contribution in [0.2, 0.25) is 0 Å². The molecular formula is C18H21FN2O. The minimum absolute atomic E-state index is 0.225. The first-order chi connectivity index (χ1) is 10.6. The molecule has 0 amide bonds. The third-order valence-electron chi connectivity index (χ3n) is 4.15. The van der Waals surface area contributed by atoms with Crippen molar-refractivity contribution in [3.8, 4) is 0 Å². The van der Waals surface area contributed by atoms with E-state index in [-0.39, 0.29) is 5.82 Å². The smallest absolute Gasteiger partial charge is 0.123 e. The monoisotopic (exact) mass is 300 g/mol. The SMILES string of the molecule is OC1(CNCc2ccc(F)cc2)CCN(c2ccccc2)C1. The van der Waals surface area contributed by atoms with Crippen LogP contribution in [0.25, 0.3) is 0 Å². The van der Waals surface area contributed by atoms with Gasteiger partial charge in [-0.25, -0.2) is 4.39 Å². The van der Waals surface area contributed by atoms with Crippen LogP contribution in [-0.4, -0.2) is 30.3 Å². The molecule has 1 saturated heterocycles. The van der Waals surface area contributed by atoms with Gasteiger partial charge in [0.2, 0.25) is 0 Å². The van der Waals surface area contributed by atoms with E-state index in [1.807, 2.05) is 18.2 Å². The normalized spacial score (nSPS) is 21.3. The summed E-state index contributed by atoms with van der Waals surface area (Å²) in [6.45, 7) is 2.66. The topological polar surface area (TPSA) is 35.5 Å². The van der Waals surface area contributed by atoms with E-state index in [0.29, 0.717) is 19.6 Å². The Balaban J connectivity index is 1.51. The first-order valence-electron chi connectivity index (χ1n) is 7.62. The third-order valence-corrected chi connectivity index (χ3v) is 4.15. The predicted molar refractivity (Wildman–Crippen MR) is 86.3 cm³/mol. The van der Waals surface area contributed by atoms with Crippen LogP contribution in [0, 0.1) is 5.82 Å². The highest BCUT2D eigenvalue weighted by Gasteiger charge is 2.35. The van der Waals surface area contributed by atoms with Gasteiger partial charge in [-0.05, 0) is 36.2 Å². The van der Waals surface area contributed by atoms with Crippen molar-refractivity contribution >= 4 is 5.69 Å².